The summed E-state index contributed by atoms with van der Waals surface area (Å²) >= 11 is 0. The zero-order chi connectivity index (χ0) is 13.8. The predicted octanol–water partition coefficient (Wildman–Crippen LogP) is 1.66. The Bertz CT molecular complexity index is 275. The van der Waals surface area contributed by atoms with E-state index in [2.05, 4.69) is 6.92 Å². The molecule has 1 heterocycles. The molecular weight excluding hydrogens is 247 g/mol. The number of nitrogens with two attached hydrogens (primary N) is 1. The molecule has 0 aromatic rings. The van der Waals surface area contributed by atoms with Gasteiger partial charge in [0, 0.05) is 26.2 Å². The van der Waals surface area contributed by atoms with Crippen molar-refractivity contribution in [3.63, 3.8) is 0 Å². The van der Waals surface area contributed by atoms with Crippen molar-refractivity contribution in [1.29, 1.82) is 0 Å². The van der Waals surface area contributed by atoms with Crippen molar-refractivity contribution >= 4 is 6.03 Å². The van der Waals surface area contributed by atoms with E-state index in [4.69, 9.17) is 5.73 Å². The van der Waals surface area contributed by atoms with Gasteiger partial charge in [0.1, 0.15) is 6.54 Å². The van der Waals surface area contributed by atoms with Crippen molar-refractivity contribution in [3.05, 3.63) is 0 Å². The van der Waals surface area contributed by atoms with Gasteiger partial charge in [-0.25, -0.2) is 4.79 Å². The maximum Gasteiger partial charge on any atom is 0.406 e. The lowest BCUT2D eigenvalue weighted by Gasteiger charge is -2.35. The van der Waals surface area contributed by atoms with Gasteiger partial charge in [0.15, 0.2) is 0 Å². The van der Waals surface area contributed by atoms with Crippen molar-refractivity contribution in [1.82, 2.24) is 9.80 Å². The van der Waals surface area contributed by atoms with Crippen molar-refractivity contribution in [3.8, 4) is 0 Å². The van der Waals surface area contributed by atoms with Crippen LogP contribution in [0.25, 0.3) is 0 Å². The van der Waals surface area contributed by atoms with E-state index in [0.29, 0.717) is 19.0 Å². The number of amides is 2. The molecule has 2 N–H and O–H groups in total. The van der Waals surface area contributed by atoms with Gasteiger partial charge in [0.25, 0.3) is 0 Å². The van der Waals surface area contributed by atoms with Crippen LogP contribution in [0.2, 0.25) is 0 Å². The molecule has 0 saturated carbocycles. The van der Waals surface area contributed by atoms with Gasteiger partial charge in [-0.05, 0) is 18.8 Å². The first kappa shape index (κ1) is 15.1. The van der Waals surface area contributed by atoms with Gasteiger partial charge in [0.05, 0.1) is 0 Å². The fourth-order valence-electron chi connectivity index (χ4n) is 2.01. The minimum Gasteiger partial charge on any atom is -0.329 e. The van der Waals surface area contributed by atoms with Gasteiger partial charge >= 0.3 is 12.2 Å². The number of hydrogen-bond acceptors (Lipinski definition) is 2. The van der Waals surface area contributed by atoms with Crippen LogP contribution in [-0.4, -0.2) is 54.7 Å². The van der Waals surface area contributed by atoms with Crippen molar-refractivity contribution < 1.29 is 18.0 Å². The summed E-state index contributed by atoms with van der Waals surface area (Å²) < 4.78 is 37.1. The summed E-state index contributed by atoms with van der Waals surface area (Å²) in [5.74, 6) is 0.527. The Balaban J connectivity index is 2.59. The molecule has 0 spiro atoms. The first-order valence-corrected chi connectivity index (χ1v) is 6.14. The smallest absolute Gasteiger partial charge is 0.329 e. The van der Waals surface area contributed by atoms with Crippen LogP contribution in [0.1, 0.15) is 19.8 Å². The summed E-state index contributed by atoms with van der Waals surface area (Å²) in [4.78, 5) is 14.2. The molecule has 1 aliphatic rings. The summed E-state index contributed by atoms with van der Waals surface area (Å²) in [5, 5.41) is 0. The first-order valence-electron chi connectivity index (χ1n) is 6.14. The van der Waals surface area contributed by atoms with Crippen LogP contribution in [-0.2, 0) is 0 Å². The molecule has 1 saturated heterocycles. The molecule has 2 amide bonds. The number of carbonyl (C=O) groups excluding carboxylic acids is 1. The highest BCUT2D eigenvalue weighted by Crippen LogP contribution is 2.20. The number of rotatable bonds is 3. The van der Waals surface area contributed by atoms with Gasteiger partial charge in [0.2, 0.25) is 0 Å². The maximum absolute atomic E-state index is 12.4. The number of urea groups is 1. The summed E-state index contributed by atoms with van der Waals surface area (Å²) in [6, 6.07) is -0.551. The lowest BCUT2D eigenvalue weighted by Crippen LogP contribution is -2.50. The zero-order valence-corrected chi connectivity index (χ0v) is 10.5. The highest BCUT2D eigenvalue weighted by atomic mass is 19.4. The molecule has 0 radical (unpaired) electrons. The molecule has 0 aromatic carbocycles. The number of alkyl halides is 3. The van der Waals surface area contributed by atoms with Gasteiger partial charge in [-0.3, -0.25) is 0 Å². The third-order valence-corrected chi connectivity index (χ3v) is 3.09. The molecule has 18 heavy (non-hydrogen) atoms. The highest BCUT2D eigenvalue weighted by molar-refractivity contribution is 5.74. The average Bonchev–Trinajstić information content (AvgIpc) is 2.27. The van der Waals surface area contributed by atoms with Crippen LogP contribution in [0, 0.1) is 5.92 Å². The van der Waals surface area contributed by atoms with E-state index in [-0.39, 0.29) is 13.1 Å². The van der Waals surface area contributed by atoms with E-state index in [0.717, 1.165) is 17.7 Å². The number of likely N-dealkylation sites (tertiary alicyclic amines) is 1. The van der Waals surface area contributed by atoms with Crippen LogP contribution in [0.3, 0.4) is 0 Å². The summed E-state index contributed by atoms with van der Waals surface area (Å²) in [6.07, 6.45) is -2.70. The second-order valence-corrected chi connectivity index (χ2v) is 4.78. The first-order chi connectivity index (χ1) is 8.33. The van der Waals surface area contributed by atoms with Gasteiger partial charge in [-0.2, -0.15) is 13.2 Å². The Kier molecular flexibility index (Phi) is 5.25. The van der Waals surface area contributed by atoms with Crippen LogP contribution in [0.4, 0.5) is 18.0 Å². The van der Waals surface area contributed by atoms with Gasteiger partial charge < -0.3 is 15.5 Å². The average molecular weight is 267 g/mol. The monoisotopic (exact) mass is 267 g/mol. The standard InChI is InChI=1S/C11H20F3N3O/c1-9-2-5-16(6-3-9)10(18)17(7-4-15)8-11(12,13)14/h9H,2-8,15H2,1H3. The molecule has 0 atom stereocenters. The van der Waals surface area contributed by atoms with Crippen LogP contribution in [0.5, 0.6) is 0 Å². The maximum atomic E-state index is 12.4. The Labute approximate surface area is 105 Å². The molecule has 0 unspecified atom stereocenters. The lowest BCUT2D eigenvalue weighted by atomic mass is 9.99. The highest BCUT2D eigenvalue weighted by Gasteiger charge is 2.34. The summed E-state index contributed by atoms with van der Waals surface area (Å²) in [5.41, 5.74) is 5.26. The SMILES string of the molecule is CC1CCN(C(=O)N(CCN)CC(F)(F)F)CC1. The Morgan fingerprint density at radius 3 is 2.39 bits per heavy atom. The number of nitrogens with zero attached hydrogens (tertiary/aromatic N) is 2. The van der Waals surface area contributed by atoms with Crippen LogP contribution < -0.4 is 5.73 Å². The fraction of sp³-hybridized carbons (Fsp3) is 0.909. The van der Waals surface area contributed by atoms with Gasteiger partial charge in [-0.15, -0.1) is 0 Å². The third kappa shape index (κ3) is 4.72. The van der Waals surface area contributed by atoms with Crippen molar-refractivity contribution in [2.75, 3.05) is 32.7 Å². The topological polar surface area (TPSA) is 49.6 Å². The third-order valence-electron chi connectivity index (χ3n) is 3.09. The van der Waals surface area contributed by atoms with E-state index in [1.165, 1.54) is 4.90 Å². The minimum atomic E-state index is -4.38. The molecule has 1 rings (SSSR count). The molecule has 106 valence electrons. The number of hydrogen-bond donors (Lipinski definition) is 1. The molecule has 0 aromatic heterocycles. The molecule has 1 fully saturated rings. The number of carbonyl (C=O) groups is 1. The minimum absolute atomic E-state index is 0.0338. The van der Waals surface area contributed by atoms with E-state index in [9.17, 15) is 18.0 Å². The van der Waals surface area contributed by atoms with Crippen molar-refractivity contribution in [2.24, 2.45) is 11.7 Å². The Morgan fingerprint density at radius 2 is 1.94 bits per heavy atom. The number of piperidine rings is 1. The molecule has 0 bridgehead atoms. The molecule has 1 aliphatic heterocycles. The molecular formula is C11H20F3N3O. The van der Waals surface area contributed by atoms with E-state index >= 15 is 0 Å². The van der Waals surface area contributed by atoms with Crippen molar-refractivity contribution in [2.45, 2.75) is 25.9 Å². The van der Waals surface area contributed by atoms with E-state index in [1.807, 2.05) is 0 Å². The largest absolute Gasteiger partial charge is 0.406 e. The van der Waals surface area contributed by atoms with E-state index < -0.39 is 18.8 Å². The fourth-order valence-corrected chi connectivity index (χ4v) is 2.01. The van der Waals surface area contributed by atoms with E-state index in [1.54, 1.807) is 0 Å². The number of halogens is 3. The quantitative estimate of drug-likeness (QED) is 0.845. The van der Waals surface area contributed by atoms with Crippen LogP contribution in [0.15, 0.2) is 0 Å². The second kappa shape index (κ2) is 6.26. The Morgan fingerprint density at radius 1 is 1.39 bits per heavy atom. The van der Waals surface area contributed by atoms with Gasteiger partial charge in [-0.1, -0.05) is 6.92 Å². The zero-order valence-electron chi connectivity index (χ0n) is 10.5. The summed E-state index contributed by atoms with van der Waals surface area (Å²) in [6.45, 7) is 1.87. The molecule has 7 heteroatoms. The normalized spacial score (nSPS) is 17.9. The predicted molar refractivity (Wildman–Crippen MR) is 62.0 cm³/mol. The summed E-state index contributed by atoms with van der Waals surface area (Å²) in [7, 11) is 0. The molecule has 0 aliphatic carbocycles. The molecule has 4 nitrogen and oxygen atoms in total. The lowest BCUT2D eigenvalue weighted by molar-refractivity contribution is -0.141. The van der Waals surface area contributed by atoms with Crippen LogP contribution >= 0.6 is 0 Å². The Hall–Kier alpha value is -0.980. The second-order valence-electron chi connectivity index (χ2n) is 4.78.